The second-order valence-corrected chi connectivity index (χ2v) is 11.9. The minimum absolute atomic E-state index is 0.261. The van der Waals surface area contributed by atoms with Crippen molar-refractivity contribution in [1.29, 1.82) is 0 Å². The van der Waals surface area contributed by atoms with Gasteiger partial charge in [0.15, 0.2) is 8.32 Å². The molecule has 0 aliphatic heterocycles. The van der Waals surface area contributed by atoms with E-state index in [0.29, 0.717) is 6.61 Å². The van der Waals surface area contributed by atoms with Crippen molar-refractivity contribution in [3.8, 4) is 11.1 Å². The highest BCUT2D eigenvalue weighted by Gasteiger charge is 2.36. The van der Waals surface area contributed by atoms with Gasteiger partial charge in [-0.1, -0.05) is 75.4 Å². The lowest BCUT2D eigenvalue weighted by molar-refractivity contribution is 0.276. The van der Waals surface area contributed by atoms with E-state index in [2.05, 4.69) is 82.4 Å². The fraction of sp³-hybridized carbons (Fsp3) is 0.368. The van der Waals surface area contributed by atoms with E-state index in [0.717, 1.165) is 0 Å². The predicted molar refractivity (Wildman–Crippen MR) is 93.9 cm³/mol. The van der Waals surface area contributed by atoms with Crippen LogP contribution in [-0.4, -0.2) is 8.32 Å². The quantitative estimate of drug-likeness (QED) is 0.641. The Labute approximate surface area is 130 Å². The van der Waals surface area contributed by atoms with Crippen LogP contribution < -0.4 is 0 Å². The van der Waals surface area contributed by atoms with Crippen LogP contribution in [-0.2, 0) is 11.0 Å². The Bertz CT molecular complexity index is 565. The van der Waals surface area contributed by atoms with Gasteiger partial charge in [-0.15, -0.1) is 0 Å². The summed E-state index contributed by atoms with van der Waals surface area (Å²) in [5.74, 6) is 0. The van der Waals surface area contributed by atoms with E-state index >= 15 is 0 Å². The van der Waals surface area contributed by atoms with Gasteiger partial charge in [-0.25, -0.2) is 0 Å². The molecule has 2 aromatic carbocycles. The maximum absolute atomic E-state index is 6.26. The van der Waals surface area contributed by atoms with Crippen molar-refractivity contribution >= 4 is 8.32 Å². The molecular formula is C19H26OSi. The Morgan fingerprint density at radius 3 is 1.86 bits per heavy atom. The highest BCUT2D eigenvalue weighted by molar-refractivity contribution is 6.74. The summed E-state index contributed by atoms with van der Waals surface area (Å²) in [6, 6.07) is 19.2. The third-order valence-corrected chi connectivity index (χ3v) is 8.95. The van der Waals surface area contributed by atoms with Gasteiger partial charge in [0.25, 0.3) is 0 Å². The summed E-state index contributed by atoms with van der Waals surface area (Å²) in [6.45, 7) is 12.1. The molecule has 2 rings (SSSR count). The molecule has 0 N–H and O–H groups in total. The minimum atomic E-state index is -1.67. The van der Waals surface area contributed by atoms with Gasteiger partial charge in [0, 0.05) is 0 Å². The van der Waals surface area contributed by atoms with Crippen LogP contribution in [0.4, 0.5) is 0 Å². The number of benzene rings is 2. The zero-order valence-electron chi connectivity index (χ0n) is 13.8. The molecule has 0 amide bonds. The zero-order valence-corrected chi connectivity index (χ0v) is 14.8. The van der Waals surface area contributed by atoms with Gasteiger partial charge in [0.05, 0.1) is 6.61 Å². The molecule has 2 aromatic rings. The Kier molecular flexibility index (Phi) is 4.69. The molecule has 0 unspecified atom stereocenters. The van der Waals surface area contributed by atoms with Crippen LogP contribution in [0.25, 0.3) is 11.1 Å². The molecule has 0 atom stereocenters. The van der Waals surface area contributed by atoms with Gasteiger partial charge in [0.2, 0.25) is 0 Å². The monoisotopic (exact) mass is 298 g/mol. The van der Waals surface area contributed by atoms with Crippen LogP contribution in [0.3, 0.4) is 0 Å². The van der Waals surface area contributed by atoms with Crippen molar-refractivity contribution in [3.05, 3.63) is 60.2 Å². The first-order valence-electron chi connectivity index (χ1n) is 7.58. The van der Waals surface area contributed by atoms with Gasteiger partial charge in [-0.05, 0) is 34.8 Å². The average molecular weight is 299 g/mol. The van der Waals surface area contributed by atoms with E-state index in [1.54, 1.807) is 0 Å². The van der Waals surface area contributed by atoms with E-state index in [9.17, 15) is 0 Å². The molecular weight excluding hydrogens is 272 g/mol. The third kappa shape index (κ3) is 4.05. The maximum Gasteiger partial charge on any atom is 0.192 e. The average Bonchev–Trinajstić information content (AvgIpc) is 2.45. The SMILES string of the molecule is CC(C)(C)[Si](C)(C)OCc1ccc(-c2ccccc2)cc1. The van der Waals surface area contributed by atoms with Crippen LogP contribution in [0.1, 0.15) is 26.3 Å². The minimum Gasteiger partial charge on any atom is -0.413 e. The second-order valence-electron chi connectivity index (χ2n) is 7.11. The molecule has 21 heavy (non-hydrogen) atoms. The van der Waals surface area contributed by atoms with Gasteiger partial charge >= 0.3 is 0 Å². The molecule has 1 nitrogen and oxygen atoms in total. The lowest BCUT2D eigenvalue weighted by atomic mass is 10.0. The lowest BCUT2D eigenvalue weighted by Crippen LogP contribution is -2.40. The van der Waals surface area contributed by atoms with E-state index in [1.165, 1.54) is 16.7 Å². The van der Waals surface area contributed by atoms with Crippen molar-refractivity contribution in [1.82, 2.24) is 0 Å². The van der Waals surface area contributed by atoms with E-state index < -0.39 is 8.32 Å². The molecule has 112 valence electrons. The van der Waals surface area contributed by atoms with Crippen LogP contribution in [0.5, 0.6) is 0 Å². The molecule has 0 bridgehead atoms. The highest BCUT2D eigenvalue weighted by atomic mass is 28.4. The lowest BCUT2D eigenvalue weighted by Gasteiger charge is -2.36. The van der Waals surface area contributed by atoms with E-state index in [4.69, 9.17) is 4.43 Å². The summed E-state index contributed by atoms with van der Waals surface area (Å²) in [4.78, 5) is 0. The third-order valence-electron chi connectivity index (χ3n) is 4.47. The summed E-state index contributed by atoms with van der Waals surface area (Å²) in [5.41, 5.74) is 3.76. The fourth-order valence-corrected chi connectivity index (χ4v) is 2.86. The van der Waals surface area contributed by atoms with Gasteiger partial charge in [-0.3, -0.25) is 0 Å². The molecule has 0 saturated heterocycles. The number of rotatable bonds is 4. The summed E-state index contributed by atoms with van der Waals surface area (Å²) < 4.78 is 6.26. The molecule has 0 aliphatic carbocycles. The number of hydrogen-bond acceptors (Lipinski definition) is 1. The molecule has 0 spiro atoms. The first kappa shape index (κ1) is 16.0. The second kappa shape index (κ2) is 6.16. The summed E-state index contributed by atoms with van der Waals surface area (Å²) >= 11 is 0. The van der Waals surface area contributed by atoms with Crippen molar-refractivity contribution in [2.24, 2.45) is 0 Å². The fourth-order valence-electron chi connectivity index (χ4n) is 1.90. The normalized spacial score (nSPS) is 12.4. The van der Waals surface area contributed by atoms with Crippen molar-refractivity contribution < 1.29 is 4.43 Å². The maximum atomic E-state index is 6.26. The van der Waals surface area contributed by atoms with E-state index in [1.807, 2.05) is 6.07 Å². The first-order chi connectivity index (χ1) is 9.79. The Morgan fingerprint density at radius 1 is 0.810 bits per heavy atom. The van der Waals surface area contributed by atoms with Gasteiger partial charge < -0.3 is 4.43 Å². The Balaban J connectivity index is 2.04. The molecule has 0 aliphatic rings. The first-order valence-corrected chi connectivity index (χ1v) is 10.5. The largest absolute Gasteiger partial charge is 0.413 e. The molecule has 2 heteroatoms. The molecule has 0 heterocycles. The summed E-state index contributed by atoms with van der Waals surface area (Å²) in [5, 5.41) is 0.261. The highest BCUT2D eigenvalue weighted by Crippen LogP contribution is 2.37. The summed E-state index contributed by atoms with van der Waals surface area (Å²) in [6.07, 6.45) is 0. The van der Waals surface area contributed by atoms with Gasteiger partial charge in [-0.2, -0.15) is 0 Å². The van der Waals surface area contributed by atoms with Crippen molar-refractivity contribution in [3.63, 3.8) is 0 Å². The number of hydrogen-bond donors (Lipinski definition) is 0. The van der Waals surface area contributed by atoms with Crippen LogP contribution in [0.15, 0.2) is 54.6 Å². The van der Waals surface area contributed by atoms with Crippen LogP contribution in [0.2, 0.25) is 18.1 Å². The Morgan fingerprint density at radius 2 is 1.33 bits per heavy atom. The predicted octanol–water partition coefficient (Wildman–Crippen LogP) is 5.88. The van der Waals surface area contributed by atoms with E-state index in [-0.39, 0.29) is 5.04 Å². The standard InChI is InChI=1S/C19H26OSi/c1-19(2,3)21(4,5)20-15-16-11-13-18(14-12-16)17-9-7-6-8-10-17/h6-14H,15H2,1-5H3. The zero-order chi connectivity index (χ0) is 15.5. The van der Waals surface area contributed by atoms with Crippen LogP contribution >= 0.6 is 0 Å². The summed E-state index contributed by atoms with van der Waals surface area (Å²) in [7, 11) is -1.67. The Hall–Kier alpha value is -1.38. The molecule has 0 saturated carbocycles. The topological polar surface area (TPSA) is 9.23 Å². The molecule has 0 aromatic heterocycles. The smallest absolute Gasteiger partial charge is 0.192 e. The molecule has 0 fully saturated rings. The van der Waals surface area contributed by atoms with Gasteiger partial charge in [0.1, 0.15) is 0 Å². The van der Waals surface area contributed by atoms with Crippen molar-refractivity contribution in [2.45, 2.75) is 45.5 Å². The van der Waals surface area contributed by atoms with Crippen LogP contribution in [0, 0.1) is 0 Å². The van der Waals surface area contributed by atoms with Crippen molar-refractivity contribution in [2.75, 3.05) is 0 Å². The molecule has 0 radical (unpaired) electrons.